The van der Waals surface area contributed by atoms with Crippen LogP contribution in [0.2, 0.25) is 0 Å². The largest absolute Gasteiger partial charge is 0.289 e. The maximum Gasteiger partial charge on any atom is 0.223 e. The predicted molar refractivity (Wildman–Crippen MR) is 35.4 cm³/mol. The molecule has 48 valence electrons. The number of nitrogens with two attached hydrogens (primary N) is 1. The van der Waals surface area contributed by atoms with Crippen LogP contribution in [0.25, 0.3) is 0 Å². The summed E-state index contributed by atoms with van der Waals surface area (Å²) in [5.74, 6) is 0. The summed E-state index contributed by atoms with van der Waals surface area (Å²) in [7, 11) is -0.677. The molecule has 0 aromatic carbocycles. The summed E-state index contributed by atoms with van der Waals surface area (Å²) in [6.45, 7) is 3.55. The van der Waals surface area contributed by atoms with Crippen molar-refractivity contribution in [1.29, 1.82) is 0 Å². The van der Waals surface area contributed by atoms with Gasteiger partial charge in [-0.3, -0.25) is 5.73 Å². The van der Waals surface area contributed by atoms with Crippen LogP contribution in [0.4, 0.5) is 0 Å². The van der Waals surface area contributed by atoms with Crippen molar-refractivity contribution in [2.45, 2.75) is 5.41 Å². The third kappa shape index (κ3) is 1.27. The Hall–Kier alpha value is -0.883. The lowest BCUT2D eigenvalue weighted by Crippen LogP contribution is -2.39. The molecule has 0 amide bonds. The Morgan fingerprint density at radius 1 is 1.44 bits per heavy atom. The molecule has 0 aliphatic carbocycles. The van der Waals surface area contributed by atoms with E-state index in [9.17, 15) is 0 Å². The molecule has 1 rings (SSSR count). The lowest BCUT2D eigenvalue weighted by Gasteiger charge is -2.07. The minimum atomic E-state index is -0.818. The van der Waals surface area contributed by atoms with Crippen molar-refractivity contribution in [3.05, 3.63) is 12.3 Å². The minimum Gasteiger partial charge on any atom is -0.289 e. The molecule has 0 fully saturated rings. The van der Waals surface area contributed by atoms with Crippen molar-refractivity contribution in [1.82, 2.24) is 0 Å². The van der Waals surface area contributed by atoms with Gasteiger partial charge in [-0.2, -0.15) is 0 Å². The van der Waals surface area contributed by atoms with E-state index in [0.717, 1.165) is 0 Å². The molecule has 6 heteroatoms. The topological polar surface area (TPSA) is 75.5 Å². The van der Waals surface area contributed by atoms with Crippen molar-refractivity contribution in [2.24, 2.45) is 26.4 Å². The van der Waals surface area contributed by atoms with Crippen molar-refractivity contribution in [3.8, 4) is 0 Å². The highest BCUT2D eigenvalue weighted by Gasteiger charge is 2.25. The molecule has 5 nitrogen and oxygen atoms in total. The maximum atomic E-state index is 5.54. The minimum absolute atomic E-state index is 0.677. The van der Waals surface area contributed by atoms with Crippen molar-refractivity contribution in [3.63, 3.8) is 0 Å². The van der Waals surface area contributed by atoms with Gasteiger partial charge in [0.15, 0.2) is 0 Å². The molecule has 0 saturated heterocycles. The van der Waals surface area contributed by atoms with E-state index < -0.39 is 14.9 Å². The fourth-order valence-corrected chi connectivity index (χ4v) is 1.22. The quantitative estimate of drug-likeness (QED) is 0.527. The van der Waals surface area contributed by atoms with E-state index in [1.54, 1.807) is 5.70 Å². The lowest BCUT2D eigenvalue weighted by molar-refractivity contribution is 0.650. The number of hydrogen-bond acceptors (Lipinski definition) is 5. The normalized spacial score (nSPS) is 21.9. The summed E-state index contributed by atoms with van der Waals surface area (Å²) >= 11 is 0. The Bertz CT molecular complexity index is 161. The smallest absolute Gasteiger partial charge is 0.223 e. The van der Waals surface area contributed by atoms with Crippen LogP contribution in [-0.4, -0.2) is 14.9 Å². The first-order chi connectivity index (χ1) is 4.27. The Morgan fingerprint density at radius 2 is 2.00 bits per heavy atom. The second-order valence-electron chi connectivity index (χ2n) is 1.75. The summed E-state index contributed by atoms with van der Waals surface area (Å²) in [4.78, 5) is 0. The van der Waals surface area contributed by atoms with E-state index in [-0.39, 0.29) is 0 Å². The van der Waals surface area contributed by atoms with Gasteiger partial charge >= 0.3 is 0 Å². The second-order valence-corrected chi connectivity index (χ2v) is 3.78. The van der Waals surface area contributed by atoms with Gasteiger partial charge in [-0.1, -0.05) is 0 Å². The molecule has 0 atom stereocenters. The van der Waals surface area contributed by atoms with Crippen LogP contribution in [0.3, 0.4) is 0 Å². The third-order valence-corrected chi connectivity index (χ3v) is 2.09. The number of rotatable bonds is 2. The van der Waals surface area contributed by atoms with Crippen LogP contribution in [0.15, 0.2) is 33.0 Å². The molecule has 0 aromatic rings. The Balaban J connectivity index is 2.63. The fraction of sp³-hybridized carbons (Fsp3) is 0.333. The summed E-state index contributed by atoms with van der Waals surface area (Å²) in [5, 5.41) is 13.8. The van der Waals surface area contributed by atoms with Crippen molar-refractivity contribution in [2.75, 3.05) is 0 Å². The summed E-state index contributed by atoms with van der Waals surface area (Å²) in [6, 6.07) is 0. The first-order valence-corrected chi connectivity index (χ1v) is 4.03. The third-order valence-electron chi connectivity index (χ3n) is 0.921. The number of nitrogens with zero attached hydrogens (tertiary/aromatic N) is 4. The van der Waals surface area contributed by atoms with Gasteiger partial charge in [-0.25, -0.2) is 0 Å². The highest BCUT2D eigenvalue weighted by atomic mass is 28.2. The standard InChI is InChI=1S/C3H7N5Si/c1-2-9-3(4)5-7-8-6-3/h2H,1,4,9H2. The molecule has 0 unspecified atom stereocenters. The molecule has 1 aliphatic heterocycles. The second kappa shape index (κ2) is 2.15. The summed E-state index contributed by atoms with van der Waals surface area (Å²) < 4.78 is 0. The molecule has 0 aromatic heterocycles. The summed E-state index contributed by atoms with van der Waals surface area (Å²) in [6.07, 6.45) is 0. The average Bonchev–Trinajstić information content (AvgIpc) is 2.16. The Labute approximate surface area is 54.6 Å². The first kappa shape index (κ1) is 6.24. The van der Waals surface area contributed by atoms with Crippen LogP contribution in [0.1, 0.15) is 0 Å². The highest BCUT2D eigenvalue weighted by Crippen LogP contribution is 2.11. The molecule has 2 N–H and O–H groups in total. The number of hydrogen-bond donors (Lipinski definition) is 1. The van der Waals surface area contributed by atoms with Crippen LogP contribution in [-0.2, 0) is 0 Å². The fourth-order valence-electron chi connectivity index (χ4n) is 0.509. The molecule has 1 aliphatic rings. The van der Waals surface area contributed by atoms with Crippen LogP contribution >= 0.6 is 0 Å². The van der Waals surface area contributed by atoms with Crippen LogP contribution < -0.4 is 5.73 Å². The van der Waals surface area contributed by atoms with Crippen molar-refractivity contribution < 1.29 is 0 Å². The zero-order chi connectivity index (χ0) is 6.74. The van der Waals surface area contributed by atoms with E-state index in [2.05, 4.69) is 27.3 Å². The van der Waals surface area contributed by atoms with Crippen LogP contribution in [0.5, 0.6) is 0 Å². The zero-order valence-corrected chi connectivity index (χ0v) is 6.27. The van der Waals surface area contributed by atoms with Gasteiger partial charge in [0.05, 0.1) is 0 Å². The van der Waals surface area contributed by atoms with Gasteiger partial charge in [0, 0.05) is 0 Å². The van der Waals surface area contributed by atoms with E-state index in [1.165, 1.54) is 0 Å². The Kier molecular flexibility index (Phi) is 1.49. The highest BCUT2D eigenvalue weighted by molar-refractivity contribution is 6.45. The SMILES string of the molecule is C=C[SiH2]C1(N)N=NN=N1. The first-order valence-electron chi connectivity index (χ1n) is 2.51. The molecule has 0 radical (unpaired) electrons. The molecule has 1 heterocycles. The van der Waals surface area contributed by atoms with Gasteiger partial charge in [0.2, 0.25) is 5.41 Å². The summed E-state index contributed by atoms with van der Waals surface area (Å²) in [5.41, 5.74) is 6.49. The maximum absolute atomic E-state index is 5.54. The molecule has 9 heavy (non-hydrogen) atoms. The molecule has 0 bridgehead atoms. The average molecular weight is 141 g/mol. The van der Waals surface area contributed by atoms with Crippen LogP contribution in [0, 0.1) is 0 Å². The molecular weight excluding hydrogens is 134 g/mol. The van der Waals surface area contributed by atoms with Gasteiger partial charge < -0.3 is 0 Å². The van der Waals surface area contributed by atoms with Crippen molar-refractivity contribution >= 4 is 9.52 Å². The van der Waals surface area contributed by atoms with E-state index in [0.29, 0.717) is 0 Å². The van der Waals surface area contributed by atoms with Gasteiger partial charge in [-0.15, -0.1) is 22.5 Å². The molecule has 0 saturated carbocycles. The predicted octanol–water partition coefficient (Wildman–Crippen LogP) is -0.298. The molecular formula is C3H7N5Si. The van der Waals surface area contributed by atoms with Gasteiger partial charge in [0.1, 0.15) is 9.52 Å². The zero-order valence-electron chi connectivity index (χ0n) is 4.86. The van der Waals surface area contributed by atoms with Gasteiger partial charge in [0.25, 0.3) is 0 Å². The van der Waals surface area contributed by atoms with E-state index in [1.807, 2.05) is 0 Å². The van der Waals surface area contributed by atoms with Gasteiger partial charge in [-0.05, 0) is 10.4 Å². The monoisotopic (exact) mass is 141 g/mol. The van der Waals surface area contributed by atoms with E-state index >= 15 is 0 Å². The van der Waals surface area contributed by atoms with E-state index in [4.69, 9.17) is 5.73 Å². The molecule has 0 spiro atoms. The lowest BCUT2D eigenvalue weighted by atomic mass is 10.9. The Morgan fingerprint density at radius 3 is 2.44 bits per heavy atom.